The molecule has 0 saturated heterocycles. The van der Waals surface area contributed by atoms with Gasteiger partial charge in [-0.25, -0.2) is 0 Å². The van der Waals surface area contributed by atoms with Gasteiger partial charge in [-0.1, -0.05) is 6.92 Å². The number of methoxy groups -OCH3 is 1. The van der Waals surface area contributed by atoms with Gasteiger partial charge in [0.15, 0.2) is 0 Å². The van der Waals surface area contributed by atoms with Crippen LogP contribution in [0.15, 0.2) is 18.2 Å². The summed E-state index contributed by atoms with van der Waals surface area (Å²) in [4.78, 5) is 23.4. The van der Waals surface area contributed by atoms with Crippen molar-refractivity contribution in [3.8, 4) is 5.75 Å². The molecule has 0 unspecified atom stereocenters. The summed E-state index contributed by atoms with van der Waals surface area (Å²) in [5, 5.41) is 8.84. The van der Waals surface area contributed by atoms with E-state index in [2.05, 4.69) is 16.0 Å². The number of anilines is 2. The van der Waals surface area contributed by atoms with Crippen LogP contribution in [0.5, 0.6) is 5.75 Å². The first kappa shape index (κ1) is 18.8. The number of benzene rings is 1. The first-order valence-corrected chi connectivity index (χ1v) is 7.72. The van der Waals surface area contributed by atoms with Gasteiger partial charge < -0.3 is 20.7 Å². The predicted molar refractivity (Wildman–Crippen MR) is 92.9 cm³/mol. The molecule has 0 aliphatic heterocycles. The Morgan fingerprint density at radius 3 is 2.48 bits per heavy atom. The molecule has 3 N–H and O–H groups in total. The van der Waals surface area contributed by atoms with Crippen molar-refractivity contribution in [3.05, 3.63) is 18.2 Å². The van der Waals surface area contributed by atoms with Crippen LogP contribution in [0.3, 0.4) is 0 Å². The zero-order valence-corrected chi connectivity index (χ0v) is 14.7. The number of ether oxygens (including phenoxy) is 1. The summed E-state index contributed by atoms with van der Waals surface area (Å²) in [6, 6.07) is 4.89. The molecule has 0 aliphatic carbocycles. The van der Waals surface area contributed by atoms with E-state index in [9.17, 15) is 9.59 Å². The molecule has 0 fully saturated rings. The van der Waals surface area contributed by atoms with Gasteiger partial charge in [-0.05, 0) is 39.3 Å². The number of nitrogens with one attached hydrogen (secondary N) is 3. The van der Waals surface area contributed by atoms with Gasteiger partial charge in [-0.2, -0.15) is 0 Å². The molecule has 6 nitrogen and oxygen atoms in total. The topological polar surface area (TPSA) is 79.5 Å². The van der Waals surface area contributed by atoms with Crippen LogP contribution in [0, 0.1) is 0 Å². The SMILES string of the molecule is CCC(C)(C)NC(=O)[C@H](C)Nc1ccc(NC(C)=O)c(OC)c1. The predicted octanol–water partition coefficient (Wildman–Crippen LogP) is 2.76. The number of hydrogen-bond donors (Lipinski definition) is 3. The lowest BCUT2D eigenvalue weighted by Gasteiger charge is -2.27. The van der Waals surface area contributed by atoms with Crippen molar-refractivity contribution in [2.24, 2.45) is 0 Å². The third-order valence-corrected chi connectivity index (χ3v) is 3.63. The fraction of sp³-hybridized carbons (Fsp3) is 0.529. The van der Waals surface area contributed by atoms with Gasteiger partial charge in [-0.15, -0.1) is 0 Å². The zero-order chi connectivity index (χ0) is 17.6. The van der Waals surface area contributed by atoms with Crippen molar-refractivity contribution in [2.75, 3.05) is 17.7 Å². The van der Waals surface area contributed by atoms with E-state index in [-0.39, 0.29) is 17.4 Å². The normalized spacial score (nSPS) is 12.3. The second kappa shape index (κ2) is 7.85. The molecule has 0 radical (unpaired) electrons. The molecular formula is C17H27N3O3. The molecule has 1 aromatic carbocycles. The van der Waals surface area contributed by atoms with E-state index in [1.807, 2.05) is 20.8 Å². The molecule has 1 rings (SSSR count). The number of carbonyl (C=O) groups excluding carboxylic acids is 2. The average Bonchev–Trinajstić information content (AvgIpc) is 2.47. The highest BCUT2D eigenvalue weighted by Crippen LogP contribution is 2.28. The molecule has 0 spiro atoms. The van der Waals surface area contributed by atoms with E-state index in [0.717, 1.165) is 12.1 Å². The molecule has 128 valence electrons. The molecule has 2 amide bonds. The quantitative estimate of drug-likeness (QED) is 0.721. The molecule has 0 aromatic heterocycles. The Labute approximate surface area is 138 Å². The summed E-state index contributed by atoms with van der Waals surface area (Å²) in [5.74, 6) is 0.298. The van der Waals surface area contributed by atoms with Crippen LogP contribution in [0.2, 0.25) is 0 Å². The second-order valence-electron chi connectivity index (χ2n) is 6.19. The number of rotatable bonds is 7. The third-order valence-electron chi connectivity index (χ3n) is 3.63. The van der Waals surface area contributed by atoms with Gasteiger partial charge in [0, 0.05) is 24.2 Å². The summed E-state index contributed by atoms with van der Waals surface area (Å²) in [7, 11) is 1.53. The van der Waals surface area contributed by atoms with Crippen molar-refractivity contribution in [2.45, 2.75) is 52.6 Å². The lowest BCUT2D eigenvalue weighted by Crippen LogP contribution is -2.48. The zero-order valence-electron chi connectivity index (χ0n) is 14.7. The van der Waals surface area contributed by atoms with Gasteiger partial charge in [0.1, 0.15) is 11.8 Å². The summed E-state index contributed by atoms with van der Waals surface area (Å²) in [6.45, 7) is 9.25. The average molecular weight is 321 g/mol. The monoisotopic (exact) mass is 321 g/mol. The van der Waals surface area contributed by atoms with E-state index in [0.29, 0.717) is 11.4 Å². The molecule has 0 heterocycles. The standard InChI is InChI=1S/C17H27N3O3/c1-7-17(4,5)20-16(22)11(2)18-13-8-9-14(19-12(3)21)15(10-13)23-6/h8-11,18H,7H2,1-6H3,(H,19,21)(H,20,22)/t11-/m0/s1. The van der Waals surface area contributed by atoms with E-state index in [1.165, 1.54) is 14.0 Å². The number of hydrogen-bond acceptors (Lipinski definition) is 4. The Hall–Kier alpha value is -2.24. The fourth-order valence-corrected chi connectivity index (χ4v) is 1.92. The molecule has 6 heteroatoms. The molecule has 0 aliphatic rings. The lowest BCUT2D eigenvalue weighted by atomic mass is 10.0. The minimum absolute atomic E-state index is 0.0678. The highest BCUT2D eigenvalue weighted by atomic mass is 16.5. The molecule has 1 atom stereocenters. The Kier molecular flexibility index (Phi) is 6.42. The largest absolute Gasteiger partial charge is 0.494 e. The third kappa shape index (κ3) is 5.81. The Morgan fingerprint density at radius 2 is 1.96 bits per heavy atom. The lowest BCUT2D eigenvalue weighted by molar-refractivity contribution is -0.123. The summed E-state index contributed by atoms with van der Waals surface area (Å²) in [5.41, 5.74) is 1.10. The van der Waals surface area contributed by atoms with Crippen LogP contribution in [0.4, 0.5) is 11.4 Å². The molecule has 0 saturated carbocycles. The molecule has 23 heavy (non-hydrogen) atoms. The van der Waals surface area contributed by atoms with E-state index in [1.54, 1.807) is 25.1 Å². The van der Waals surface area contributed by atoms with Crippen LogP contribution in [-0.4, -0.2) is 30.5 Å². The fourth-order valence-electron chi connectivity index (χ4n) is 1.92. The molecular weight excluding hydrogens is 294 g/mol. The first-order chi connectivity index (χ1) is 10.7. The Morgan fingerprint density at radius 1 is 1.30 bits per heavy atom. The number of amides is 2. The van der Waals surface area contributed by atoms with Crippen molar-refractivity contribution < 1.29 is 14.3 Å². The summed E-state index contributed by atoms with van der Waals surface area (Å²) < 4.78 is 5.27. The minimum Gasteiger partial charge on any atom is -0.494 e. The van der Waals surface area contributed by atoms with E-state index < -0.39 is 6.04 Å². The van der Waals surface area contributed by atoms with Crippen LogP contribution < -0.4 is 20.7 Å². The van der Waals surface area contributed by atoms with Gasteiger partial charge in [0.2, 0.25) is 11.8 Å². The maximum atomic E-state index is 12.2. The summed E-state index contributed by atoms with van der Waals surface area (Å²) in [6.07, 6.45) is 0.852. The highest BCUT2D eigenvalue weighted by Gasteiger charge is 2.21. The van der Waals surface area contributed by atoms with Gasteiger partial charge in [0.25, 0.3) is 0 Å². The molecule has 1 aromatic rings. The second-order valence-corrected chi connectivity index (χ2v) is 6.19. The molecule has 0 bridgehead atoms. The van der Waals surface area contributed by atoms with Gasteiger partial charge >= 0.3 is 0 Å². The first-order valence-electron chi connectivity index (χ1n) is 7.72. The van der Waals surface area contributed by atoms with Gasteiger partial charge in [-0.3, -0.25) is 9.59 Å². The Bertz CT molecular complexity index is 570. The van der Waals surface area contributed by atoms with Crippen molar-refractivity contribution in [1.29, 1.82) is 0 Å². The van der Waals surface area contributed by atoms with E-state index in [4.69, 9.17) is 4.74 Å². The van der Waals surface area contributed by atoms with Crippen LogP contribution in [-0.2, 0) is 9.59 Å². The van der Waals surface area contributed by atoms with Crippen LogP contribution >= 0.6 is 0 Å². The van der Waals surface area contributed by atoms with Crippen molar-refractivity contribution in [3.63, 3.8) is 0 Å². The van der Waals surface area contributed by atoms with Crippen molar-refractivity contribution in [1.82, 2.24) is 5.32 Å². The van der Waals surface area contributed by atoms with Gasteiger partial charge in [0.05, 0.1) is 12.8 Å². The smallest absolute Gasteiger partial charge is 0.242 e. The number of carbonyl (C=O) groups is 2. The Balaban J connectivity index is 2.80. The van der Waals surface area contributed by atoms with Crippen molar-refractivity contribution >= 4 is 23.2 Å². The maximum absolute atomic E-state index is 12.2. The van der Waals surface area contributed by atoms with Crippen LogP contribution in [0.1, 0.15) is 41.0 Å². The minimum atomic E-state index is -0.392. The summed E-state index contributed by atoms with van der Waals surface area (Å²) >= 11 is 0. The van der Waals surface area contributed by atoms with Crippen LogP contribution in [0.25, 0.3) is 0 Å². The maximum Gasteiger partial charge on any atom is 0.242 e. The highest BCUT2D eigenvalue weighted by molar-refractivity contribution is 5.91. The van der Waals surface area contributed by atoms with E-state index >= 15 is 0 Å².